The maximum absolute atomic E-state index is 13.1. The van der Waals surface area contributed by atoms with Crippen LogP contribution in [0.2, 0.25) is 0 Å². The summed E-state index contributed by atoms with van der Waals surface area (Å²) >= 11 is 0. The number of benzene rings is 4. The van der Waals surface area contributed by atoms with Crippen LogP contribution in [0.4, 0.5) is 8.78 Å². The third kappa shape index (κ3) is 9.65. The molecule has 4 rings (SSSR count). The minimum atomic E-state index is -0.362. The molecule has 0 amide bonds. The summed E-state index contributed by atoms with van der Waals surface area (Å²) in [5.74, 6) is 0.471. The molecule has 0 unspecified atom stereocenters. The van der Waals surface area contributed by atoms with Gasteiger partial charge in [0.15, 0.2) is 11.6 Å². The molecule has 0 heterocycles. The molecule has 0 fully saturated rings. The smallest absolute Gasteiger partial charge is 0.193 e. The van der Waals surface area contributed by atoms with Crippen molar-refractivity contribution in [3.8, 4) is 11.5 Å². The number of rotatable bonds is 17. The molecule has 0 N–H and O–H groups in total. The van der Waals surface area contributed by atoms with Gasteiger partial charge in [-0.25, -0.2) is 8.78 Å². The third-order valence-corrected chi connectivity index (χ3v) is 7.02. The maximum Gasteiger partial charge on any atom is 0.193 e. The second-order valence-corrected chi connectivity index (χ2v) is 10.2. The molecule has 0 radical (unpaired) electrons. The fourth-order valence-corrected chi connectivity index (χ4v) is 4.59. The van der Waals surface area contributed by atoms with Crippen LogP contribution in [-0.4, -0.2) is 24.8 Å². The van der Waals surface area contributed by atoms with Crippen LogP contribution >= 0.6 is 0 Å². The first-order valence-electron chi connectivity index (χ1n) is 14.6. The maximum atomic E-state index is 13.1. The van der Waals surface area contributed by atoms with Crippen LogP contribution < -0.4 is 9.47 Å². The number of carbonyl (C=O) groups excluding carboxylic acids is 2. The van der Waals surface area contributed by atoms with Gasteiger partial charge in [0.05, 0.1) is 13.2 Å². The Morgan fingerprint density at radius 2 is 0.667 bits per heavy atom. The molecule has 218 valence electrons. The van der Waals surface area contributed by atoms with Crippen LogP contribution in [0.3, 0.4) is 0 Å². The van der Waals surface area contributed by atoms with Gasteiger partial charge >= 0.3 is 0 Å². The van der Waals surface area contributed by atoms with Crippen molar-refractivity contribution in [3.63, 3.8) is 0 Å². The Hall–Kier alpha value is -4.32. The number of hydrogen-bond acceptors (Lipinski definition) is 4. The number of hydrogen-bond donors (Lipinski definition) is 0. The van der Waals surface area contributed by atoms with Crippen LogP contribution in [0.25, 0.3) is 0 Å². The topological polar surface area (TPSA) is 52.6 Å². The molecular formula is C36H36F2O4. The summed E-state index contributed by atoms with van der Waals surface area (Å²) in [5.41, 5.74) is 2.01. The molecule has 0 aliphatic carbocycles. The number of unbranched alkanes of at least 4 members (excludes halogenated alkanes) is 7. The summed E-state index contributed by atoms with van der Waals surface area (Å²) in [6.45, 7) is 1.29. The third-order valence-electron chi connectivity index (χ3n) is 7.02. The lowest BCUT2D eigenvalue weighted by Crippen LogP contribution is -2.02. The van der Waals surface area contributed by atoms with E-state index in [4.69, 9.17) is 9.47 Å². The standard InChI is InChI=1S/C36H36F2O4/c37-31-17-9-27(10-18-31)35(39)29-13-21-33(22-14-29)41-25-7-5-3-1-2-4-6-8-26-42-34-23-15-30(16-24-34)36(40)28-11-19-32(38)20-12-28/h9-24H,1-8,25-26H2. The molecule has 0 aliphatic rings. The first-order valence-corrected chi connectivity index (χ1v) is 14.6. The normalized spacial score (nSPS) is 10.8. The zero-order valence-electron chi connectivity index (χ0n) is 23.7. The monoisotopic (exact) mass is 570 g/mol. The van der Waals surface area contributed by atoms with Gasteiger partial charge in [-0.05, 0) is 110 Å². The lowest BCUT2D eigenvalue weighted by atomic mass is 10.0. The van der Waals surface area contributed by atoms with Crippen molar-refractivity contribution >= 4 is 11.6 Å². The van der Waals surface area contributed by atoms with Crippen molar-refractivity contribution in [1.82, 2.24) is 0 Å². The molecular weight excluding hydrogens is 534 g/mol. The second-order valence-electron chi connectivity index (χ2n) is 10.2. The molecule has 0 saturated carbocycles. The highest BCUT2D eigenvalue weighted by molar-refractivity contribution is 6.09. The van der Waals surface area contributed by atoms with Gasteiger partial charge in [0, 0.05) is 22.3 Å². The van der Waals surface area contributed by atoms with E-state index in [1.165, 1.54) is 74.2 Å². The van der Waals surface area contributed by atoms with E-state index in [0.29, 0.717) is 35.5 Å². The van der Waals surface area contributed by atoms with E-state index in [1.807, 2.05) is 0 Å². The van der Waals surface area contributed by atoms with Gasteiger partial charge in [0.2, 0.25) is 0 Å². The van der Waals surface area contributed by atoms with Gasteiger partial charge in [-0.3, -0.25) is 9.59 Å². The molecule has 6 heteroatoms. The van der Waals surface area contributed by atoms with Crippen molar-refractivity contribution < 1.29 is 27.8 Å². The highest BCUT2D eigenvalue weighted by Crippen LogP contribution is 2.18. The summed E-state index contributed by atoms with van der Waals surface area (Å²) in [5, 5.41) is 0. The molecule has 0 bridgehead atoms. The molecule has 4 aromatic rings. The quantitative estimate of drug-likeness (QED) is 0.0939. The summed E-state index contributed by atoms with van der Waals surface area (Å²) in [4.78, 5) is 24.9. The van der Waals surface area contributed by atoms with E-state index in [9.17, 15) is 18.4 Å². The Labute approximate surface area is 246 Å². The van der Waals surface area contributed by atoms with E-state index in [-0.39, 0.29) is 23.2 Å². The molecule has 4 aromatic carbocycles. The average Bonchev–Trinajstić information content (AvgIpc) is 3.02. The summed E-state index contributed by atoms with van der Waals surface area (Å²) in [6.07, 6.45) is 8.95. The summed E-state index contributed by atoms with van der Waals surface area (Å²) < 4.78 is 37.8. The van der Waals surface area contributed by atoms with E-state index >= 15 is 0 Å². The molecule has 0 aromatic heterocycles. The molecule has 42 heavy (non-hydrogen) atoms. The van der Waals surface area contributed by atoms with Gasteiger partial charge in [-0.15, -0.1) is 0 Å². The first kappa shape index (κ1) is 30.6. The number of ketones is 2. The SMILES string of the molecule is O=C(c1ccc(F)cc1)c1ccc(OCCCCCCCCCCOc2ccc(C(=O)c3ccc(F)cc3)cc2)cc1. The largest absolute Gasteiger partial charge is 0.494 e. The van der Waals surface area contributed by atoms with Crippen molar-refractivity contribution in [3.05, 3.63) is 131 Å². The van der Waals surface area contributed by atoms with Crippen molar-refractivity contribution in [2.75, 3.05) is 13.2 Å². The van der Waals surface area contributed by atoms with Crippen LogP contribution in [0, 0.1) is 11.6 Å². The van der Waals surface area contributed by atoms with Gasteiger partial charge in [0.25, 0.3) is 0 Å². The molecule has 0 saturated heterocycles. The number of carbonyl (C=O) groups is 2. The highest BCUT2D eigenvalue weighted by atomic mass is 19.1. The minimum absolute atomic E-state index is 0.140. The fraction of sp³-hybridized carbons (Fsp3) is 0.278. The number of ether oxygens (including phenoxy) is 2. The summed E-state index contributed by atoms with van der Waals surface area (Å²) in [6, 6.07) is 25.2. The summed E-state index contributed by atoms with van der Waals surface area (Å²) in [7, 11) is 0. The molecule has 0 spiro atoms. The zero-order valence-corrected chi connectivity index (χ0v) is 23.7. The highest BCUT2D eigenvalue weighted by Gasteiger charge is 2.10. The Morgan fingerprint density at radius 3 is 0.976 bits per heavy atom. The van der Waals surface area contributed by atoms with E-state index in [1.54, 1.807) is 48.5 Å². The lowest BCUT2D eigenvalue weighted by Gasteiger charge is -2.08. The Morgan fingerprint density at radius 1 is 0.405 bits per heavy atom. The minimum Gasteiger partial charge on any atom is -0.494 e. The van der Waals surface area contributed by atoms with Crippen molar-refractivity contribution in [1.29, 1.82) is 0 Å². The molecule has 0 atom stereocenters. The average molecular weight is 571 g/mol. The molecule has 0 aliphatic heterocycles. The van der Waals surface area contributed by atoms with Crippen molar-refractivity contribution in [2.24, 2.45) is 0 Å². The Bertz CT molecular complexity index is 1290. The Balaban J connectivity index is 0.994. The van der Waals surface area contributed by atoms with Crippen molar-refractivity contribution in [2.45, 2.75) is 51.4 Å². The van der Waals surface area contributed by atoms with Crippen LogP contribution in [-0.2, 0) is 0 Å². The predicted molar refractivity (Wildman–Crippen MR) is 160 cm³/mol. The fourth-order valence-electron chi connectivity index (χ4n) is 4.59. The van der Waals surface area contributed by atoms with Crippen LogP contribution in [0.5, 0.6) is 11.5 Å². The van der Waals surface area contributed by atoms with Crippen LogP contribution in [0.15, 0.2) is 97.1 Å². The lowest BCUT2D eigenvalue weighted by molar-refractivity contribution is 0.103. The molecule has 4 nitrogen and oxygen atoms in total. The first-order chi connectivity index (χ1) is 20.5. The predicted octanol–water partition coefficient (Wildman–Crippen LogP) is 9.01. The van der Waals surface area contributed by atoms with Gasteiger partial charge in [-0.2, -0.15) is 0 Å². The van der Waals surface area contributed by atoms with Gasteiger partial charge in [-0.1, -0.05) is 38.5 Å². The Kier molecular flexibility index (Phi) is 11.8. The van der Waals surface area contributed by atoms with E-state index in [2.05, 4.69) is 0 Å². The van der Waals surface area contributed by atoms with E-state index in [0.717, 1.165) is 37.2 Å². The van der Waals surface area contributed by atoms with Crippen LogP contribution in [0.1, 0.15) is 83.2 Å². The second kappa shape index (κ2) is 16.2. The van der Waals surface area contributed by atoms with Gasteiger partial charge in [0.1, 0.15) is 23.1 Å². The zero-order chi connectivity index (χ0) is 29.6. The van der Waals surface area contributed by atoms with E-state index < -0.39 is 0 Å². The van der Waals surface area contributed by atoms with Gasteiger partial charge < -0.3 is 9.47 Å². The number of halogens is 2.